The van der Waals surface area contributed by atoms with E-state index >= 15 is 0 Å². The fourth-order valence-electron chi connectivity index (χ4n) is 2.58. The lowest BCUT2D eigenvalue weighted by Crippen LogP contribution is -2.25. The molecule has 0 spiro atoms. The van der Waals surface area contributed by atoms with Crippen LogP contribution < -0.4 is 5.32 Å². The summed E-state index contributed by atoms with van der Waals surface area (Å²) >= 11 is 1.15. The van der Waals surface area contributed by atoms with E-state index in [1.165, 1.54) is 24.3 Å². The molecule has 1 amide bonds. The van der Waals surface area contributed by atoms with E-state index < -0.39 is 4.92 Å². The maximum Gasteiger partial charge on any atom is 0.284 e. The van der Waals surface area contributed by atoms with Crippen LogP contribution in [-0.2, 0) is 6.42 Å². The number of halogens is 1. The van der Waals surface area contributed by atoms with Gasteiger partial charge in [0.1, 0.15) is 5.82 Å². The summed E-state index contributed by atoms with van der Waals surface area (Å²) in [5.74, 6) is -0.737. The molecule has 0 bridgehead atoms. The fourth-order valence-corrected chi connectivity index (χ4v) is 3.48. The highest BCUT2D eigenvalue weighted by Gasteiger charge is 2.18. The van der Waals surface area contributed by atoms with Crippen molar-refractivity contribution in [2.45, 2.75) is 16.2 Å². The molecule has 0 aliphatic rings. The van der Waals surface area contributed by atoms with Crippen LogP contribution in [0.15, 0.2) is 82.6 Å². The number of nitrogens with one attached hydrogen (secondary N) is 1. The van der Waals surface area contributed by atoms with Crippen molar-refractivity contribution in [1.29, 1.82) is 0 Å². The molecule has 0 aromatic heterocycles. The zero-order valence-electron chi connectivity index (χ0n) is 14.8. The first-order chi connectivity index (χ1) is 13.5. The van der Waals surface area contributed by atoms with Gasteiger partial charge in [-0.2, -0.15) is 0 Å². The van der Waals surface area contributed by atoms with Crippen molar-refractivity contribution in [3.05, 3.63) is 99.9 Å². The Kier molecular flexibility index (Phi) is 6.39. The minimum atomic E-state index is -0.521. The van der Waals surface area contributed by atoms with Gasteiger partial charge in [-0.1, -0.05) is 42.1 Å². The van der Waals surface area contributed by atoms with E-state index in [2.05, 4.69) is 5.32 Å². The lowest BCUT2D eigenvalue weighted by Gasteiger charge is -2.08. The molecule has 142 valence electrons. The lowest BCUT2D eigenvalue weighted by atomic mass is 10.1. The second-order valence-electron chi connectivity index (χ2n) is 5.99. The Hall–Kier alpha value is -3.19. The van der Waals surface area contributed by atoms with Gasteiger partial charge in [0.05, 0.1) is 9.82 Å². The second-order valence-corrected chi connectivity index (χ2v) is 7.10. The van der Waals surface area contributed by atoms with Gasteiger partial charge in [-0.25, -0.2) is 4.39 Å². The molecule has 28 heavy (non-hydrogen) atoms. The molecule has 1 N–H and O–H groups in total. The number of amides is 1. The van der Waals surface area contributed by atoms with E-state index in [1.807, 2.05) is 30.3 Å². The molecule has 5 nitrogen and oxygen atoms in total. The first-order valence-electron chi connectivity index (χ1n) is 8.57. The van der Waals surface area contributed by atoms with Crippen LogP contribution in [0.3, 0.4) is 0 Å². The SMILES string of the molecule is O=C(NCCc1ccccc1)c1ccc(Sc2ccc(F)cc2)c([N+](=O)[O-])c1. The summed E-state index contributed by atoms with van der Waals surface area (Å²) in [5.41, 5.74) is 1.16. The second kappa shape index (κ2) is 9.14. The van der Waals surface area contributed by atoms with Crippen LogP contribution >= 0.6 is 11.8 Å². The Morgan fingerprint density at radius 1 is 1.04 bits per heavy atom. The molecule has 0 aliphatic carbocycles. The standard InChI is InChI=1S/C21H17FN2O3S/c22-17-7-9-18(10-8-17)28-20-11-6-16(14-19(20)24(26)27)21(25)23-13-12-15-4-2-1-3-5-15/h1-11,14H,12-13H2,(H,23,25). The van der Waals surface area contributed by atoms with Crippen molar-refractivity contribution in [2.24, 2.45) is 0 Å². The van der Waals surface area contributed by atoms with Gasteiger partial charge in [0, 0.05) is 23.1 Å². The average molecular weight is 396 g/mol. The molecule has 3 rings (SSSR count). The Morgan fingerprint density at radius 3 is 2.43 bits per heavy atom. The normalized spacial score (nSPS) is 10.5. The monoisotopic (exact) mass is 396 g/mol. The fraction of sp³-hybridized carbons (Fsp3) is 0.0952. The molecule has 3 aromatic carbocycles. The Morgan fingerprint density at radius 2 is 1.75 bits per heavy atom. The van der Waals surface area contributed by atoms with Crippen LogP contribution in [-0.4, -0.2) is 17.4 Å². The van der Waals surface area contributed by atoms with Gasteiger partial charge in [-0.05, 0) is 48.4 Å². The molecule has 7 heteroatoms. The maximum absolute atomic E-state index is 13.0. The predicted octanol–water partition coefficient (Wildman–Crippen LogP) is 4.86. The molecule has 0 heterocycles. The molecular weight excluding hydrogens is 379 g/mol. The number of carbonyl (C=O) groups is 1. The van der Waals surface area contributed by atoms with Crippen molar-refractivity contribution in [2.75, 3.05) is 6.54 Å². The summed E-state index contributed by atoms with van der Waals surface area (Å²) in [4.78, 5) is 24.3. The van der Waals surface area contributed by atoms with E-state index in [0.29, 0.717) is 22.8 Å². The zero-order valence-corrected chi connectivity index (χ0v) is 15.6. The van der Waals surface area contributed by atoms with Gasteiger partial charge < -0.3 is 5.32 Å². The summed E-state index contributed by atoms with van der Waals surface area (Å²) in [5, 5.41) is 14.2. The predicted molar refractivity (Wildman–Crippen MR) is 106 cm³/mol. The molecule has 0 saturated carbocycles. The topological polar surface area (TPSA) is 72.2 Å². The van der Waals surface area contributed by atoms with E-state index in [4.69, 9.17) is 0 Å². The van der Waals surface area contributed by atoms with Crippen LogP contribution in [0.5, 0.6) is 0 Å². The van der Waals surface area contributed by atoms with Crippen LogP contribution in [0.4, 0.5) is 10.1 Å². The quantitative estimate of drug-likeness (QED) is 0.457. The molecule has 3 aromatic rings. The van der Waals surface area contributed by atoms with E-state index in [0.717, 1.165) is 17.3 Å². The minimum absolute atomic E-state index is 0.162. The average Bonchev–Trinajstić information content (AvgIpc) is 2.70. The summed E-state index contributed by atoms with van der Waals surface area (Å²) in [6.07, 6.45) is 0.674. The number of rotatable bonds is 7. The first-order valence-corrected chi connectivity index (χ1v) is 9.38. The van der Waals surface area contributed by atoms with Gasteiger partial charge in [0.25, 0.3) is 11.6 Å². The largest absolute Gasteiger partial charge is 0.352 e. The first kappa shape index (κ1) is 19.6. The Balaban J connectivity index is 1.69. The van der Waals surface area contributed by atoms with Crippen molar-refractivity contribution in [3.8, 4) is 0 Å². The number of carbonyl (C=O) groups excluding carboxylic acids is 1. The number of hydrogen-bond donors (Lipinski definition) is 1. The summed E-state index contributed by atoms with van der Waals surface area (Å²) in [7, 11) is 0. The number of nitro groups is 1. The number of nitro benzene ring substituents is 1. The van der Waals surface area contributed by atoms with E-state index in [1.54, 1.807) is 18.2 Å². The van der Waals surface area contributed by atoms with Crippen molar-refractivity contribution in [1.82, 2.24) is 5.32 Å². The van der Waals surface area contributed by atoms with E-state index in [9.17, 15) is 19.3 Å². The number of hydrogen-bond acceptors (Lipinski definition) is 4. The highest BCUT2D eigenvalue weighted by atomic mass is 32.2. The Bertz CT molecular complexity index is 979. The van der Waals surface area contributed by atoms with Crippen molar-refractivity contribution in [3.63, 3.8) is 0 Å². The third-order valence-electron chi connectivity index (χ3n) is 4.00. The number of benzene rings is 3. The molecule has 0 saturated heterocycles. The third kappa shape index (κ3) is 5.17. The molecule has 0 fully saturated rings. The third-order valence-corrected chi connectivity index (χ3v) is 5.07. The van der Waals surface area contributed by atoms with Gasteiger partial charge in [0.2, 0.25) is 0 Å². The minimum Gasteiger partial charge on any atom is -0.352 e. The highest BCUT2D eigenvalue weighted by molar-refractivity contribution is 7.99. The van der Waals surface area contributed by atoms with Gasteiger partial charge in [-0.15, -0.1) is 0 Å². The summed E-state index contributed by atoms with van der Waals surface area (Å²) in [6.45, 7) is 0.433. The van der Waals surface area contributed by atoms with Crippen molar-refractivity contribution >= 4 is 23.4 Å². The van der Waals surface area contributed by atoms with Gasteiger partial charge in [-0.3, -0.25) is 14.9 Å². The van der Waals surface area contributed by atoms with Crippen LogP contribution in [0, 0.1) is 15.9 Å². The maximum atomic E-state index is 13.0. The molecule has 0 unspecified atom stereocenters. The summed E-state index contributed by atoms with van der Waals surface area (Å²) in [6, 6.07) is 19.8. The molecule has 0 radical (unpaired) electrons. The molecular formula is C21H17FN2O3S. The zero-order chi connectivity index (χ0) is 19.9. The summed E-state index contributed by atoms with van der Waals surface area (Å²) < 4.78 is 13.0. The van der Waals surface area contributed by atoms with Gasteiger partial charge in [0.15, 0.2) is 0 Å². The smallest absolute Gasteiger partial charge is 0.284 e. The number of nitrogens with zero attached hydrogens (tertiary/aromatic N) is 1. The van der Waals surface area contributed by atoms with Crippen molar-refractivity contribution < 1.29 is 14.1 Å². The van der Waals surface area contributed by atoms with Gasteiger partial charge >= 0.3 is 0 Å². The van der Waals surface area contributed by atoms with Crippen LogP contribution in [0.25, 0.3) is 0 Å². The van der Waals surface area contributed by atoms with Crippen LogP contribution in [0.2, 0.25) is 0 Å². The molecule has 0 aliphatic heterocycles. The molecule has 0 atom stereocenters. The van der Waals surface area contributed by atoms with E-state index in [-0.39, 0.29) is 23.0 Å². The Labute approximate surface area is 165 Å². The highest BCUT2D eigenvalue weighted by Crippen LogP contribution is 2.35. The van der Waals surface area contributed by atoms with Crippen LogP contribution in [0.1, 0.15) is 15.9 Å². The lowest BCUT2D eigenvalue weighted by molar-refractivity contribution is -0.387.